The Bertz CT molecular complexity index is 552. The smallest absolute Gasteiger partial charge is 0.254 e. The van der Waals surface area contributed by atoms with Crippen molar-refractivity contribution in [1.82, 2.24) is 9.80 Å². The van der Waals surface area contributed by atoms with Gasteiger partial charge in [0.25, 0.3) is 5.91 Å². The fraction of sp³-hybridized carbons (Fsp3) is 0.533. The molecular formula is C15H18F2N2O2. The van der Waals surface area contributed by atoms with Crippen LogP contribution in [0, 0.1) is 17.6 Å². The fourth-order valence-corrected chi connectivity index (χ4v) is 3.03. The molecule has 0 N–H and O–H groups in total. The van der Waals surface area contributed by atoms with Gasteiger partial charge in [-0.3, -0.25) is 4.79 Å². The molecule has 3 rings (SSSR count). The molecule has 2 aliphatic rings. The summed E-state index contributed by atoms with van der Waals surface area (Å²) in [7, 11) is 2.03. The van der Waals surface area contributed by atoms with E-state index in [4.69, 9.17) is 4.74 Å². The van der Waals surface area contributed by atoms with Gasteiger partial charge in [0, 0.05) is 37.7 Å². The van der Waals surface area contributed by atoms with Gasteiger partial charge in [0.1, 0.15) is 0 Å². The lowest BCUT2D eigenvalue weighted by Gasteiger charge is -2.19. The molecule has 1 aromatic rings. The topological polar surface area (TPSA) is 32.8 Å². The molecule has 2 aliphatic heterocycles. The van der Waals surface area contributed by atoms with Crippen LogP contribution < -0.4 is 0 Å². The lowest BCUT2D eigenvalue weighted by Crippen LogP contribution is -2.32. The van der Waals surface area contributed by atoms with Gasteiger partial charge < -0.3 is 14.5 Å². The average Bonchev–Trinajstić information content (AvgIpc) is 2.76. The third-order valence-corrected chi connectivity index (χ3v) is 4.19. The van der Waals surface area contributed by atoms with Crippen molar-refractivity contribution in [3.05, 3.63) is 35.4 Å². The molecule has 0 aliphatic carbocycles. The van der Waals surface area contributed by atoms with Crippen molar-refractivity contribution in [2.75, 3.05) is 39.8 Å². The van der Waals surface area contributed by atoms with Crippen LogP contribution in [0.5, 0.6) is 0 Å². The van der Waals surface area contributed by atoms with Crippen molar-refractivity contribution >= 4 is 5.91 Å². The number of amides is 1. The highest BCUT2D eigenvalue weighted by Gasteiger charge is 2.38. The van der Waals surface area contributed by atoms with Crippen molar-refractivity contribution in [2.45, 2.75) is 6.10 Å². The lowest BCUT2D eigenvalue weighted by atomic mass is 10.1. The Balaban J connectivity index is 1.73. The van der Waals surface area contributed by atoms with Crippen LogP contribution in [0.1, 0.15) is 10.4 Å². The second-order valence-corrected chi connectivity index (χ2v) is 5.77. The molecule has 6 heteroatoms. The standard InChI is InChI=1S/C15H18F2N2O2/c1-18-4-5-21-14-9-19(8-11(14)7-18)15(20)10-2-3-12(16)13(17)6-10/h2-3,6,11,14H,4-5,7-9H2,1H3/t11-,14+/m1/s1. The average molecular weight is 296 g/mol. The minimum atomic E-state index is -0.995. The largest absolute Gasteiger partial charge is 0.375 e. The van der Waals surface area contributed by atoms with Gasteiger partial charge in [0.15, 0.2) is 11.6 Å². The molecule has 1 aromatic carbocycles. The Labute approximate surface area is 122 Å². The predicted octanol–water partition coefficient (Wildman–Crippen LogP) is 1.37. The highest BCUT2D eigenvalue weighted by atomic mass is 19.2. The normalized spacial score (nSPS) is 26.5. The van der Waals surface area contributed by atoms with Gasteiger partial charge in [0.2, 0.25) is 0 Å². The van der Waals surface area contributed by atoms with Crippen molar-refractivity contribution in [2.24, 2.45) is 5.92 Å². The van der Waals surface area contributed by atoms with Gasteiger partial charge in [-0.1, -0.05) is 0 Å². The quantitative estimate of drug-likeness (QED) is 0.784. The van der Waals surface area contributed by atoms with Crippen LogP contribution in [0.25, 0.3) is 0 Å². The monoisotopic (exact) mass is 296 g/mol. The summed E-state index contributed by atoms with van der Waals surface area (Å²) in [6.45, 7) is 3.53. The van der Waals surface area contributed by atoms with Crippen molar-refractivity contribution < 1.29 is 18.3 Å². The van der Waals surface area contributed by atoms with Crippen LogP contribution in [0.15, 0.2) is 18.2 Å². The zero-order valence-corrected chi connectivity index (χ0v) is 11.9. The minimum Gasteiger partial charge on any atom is -0.375 e. The Morgan fingerprint density at radius 3 is 2.81 bits per heavy atom. The third-order valence-electron chi connectivity index (χ3n) is 4.19. The third kappa shape index (κ3) is 2.91. The minimum absolute atomic E-state index is 0.0317. The van der Waals surface area contributed by atoms with Gasteiger partial charge in [0.05, 0.1) is 12.7 Å². The van der Waals surface area contributed by atoms with E-state index in [9.17, 15) is 13.6 Å². The summed E-state index contributed by atoms with van der Waals surface area (Å²) in [5.74, 6) is -1.94. The van der Waals surface area contributed by atoms with Crippen LogP contribution >= 0.6 is 0 Å². The first kappa shape index (κ1) is 14.4. The van der Waals surface area contributed by atoms with E-state index < -0.39 is 11.6 Å². The summed E-state index contributed by atoms with van der Waals surface area (Å²) in [4.78, 5) is 16.2. The molecule has 2 fully saturated rings. The molecule has 2 saturated heterocycles. The summed E-state index contributed by atoms with van der Waals surface area (Å²) >= 11 is 0. The van der Waals surface area contributed by atoms with Crippen LogP contribution in [0.3, 0.4) is 0 Å². The highest BCUT2D eigenvalue weighted by molar-refractivity contribution is 5.94. The molecule has 0 radical (unpaired) electrons. The Morgan fingerprint density at radius 2 is 2.05 bits per heavy atom. The first-order valence-corrected chi connectivity index (χ1v) is 7.09. The molecule has 0 spiro atoms. The number of halogens is 2. The number of nitrogens with zero attached hydrogens (tertiary/aromatic N) is 2. The predicted molar refractivity (Wildman–Crippen MR) is 73.0 cm³/mol. The molecular weight excluding hydrogens is 278 g/mol. The Kier molecular flexibility index (Phi) is 3.91. The summed E-state index contributed by atoms with van der Waals surface area (Å²) in [5, 5.41) is 0. The van der Waals surface area contributed by atoms with E-state index in [1.807, 2.05) is 7.05 Å². The summed E-state index contributed by atoms with van der Waals surface area (Å²) in [5.41, 5.74) is 0.179. The SMILES string of the molecule is CN1CCO[C@H]2CN(C(=O)c3ccc(F)c(F)c3)C[C@H]2C1. The summed E-state index contributed by atoms with van der Waals surface area (Å²) < 4.78 is 32.0. The number of carbonyl (C=O) groups is 1. The maximum atomic E-state index is 13.3. The Hall–Kier alpha value is -1.53. The molecule has 0 aromatic heterocycles. The van der Waals surface area contributed by atoms with E-state index in [1.54, 1.807) is 4.90 Å². The molecule has 0 unspecified atom stereocenters. The molecule has 2 atom stereocenters. The molecule has 21 heavy (non-hydrogen) atoms. The zero-order chi connectivity index (χ0) is 15.0. The van der Waals surface area contributed by atoms with E-state index in [0.717, 1.165) is 25.2 Å². The first-order chi connectivity index (χ1) is 10.0. The number of benzene rings is 1. The van der Waals surface area contributed by atoms with E-state index in [1.165, 1.54) is 6.07 Å². The lowest BCUT2D eigenvalue weighted by molar-refractivity contribution is 0.0487. The van der Waals surface area contributed by atoms with Crippen LogP contribution in [0.4, 0.5) is 8.78 Å². The number of hydrogen-bond donors (Lipinski definition) is 0. The maximum Gasteiger partial charge on any atom is 0.254 e. The van der Waals surface area contributed by atoms with Crippen molar-refractivity contribution in [3.8, 4) is 0 Å². The molecule has 0 saturated carbocycles. The number of likely N-dealkylation sites (N-methyl/N-ethyl adjacent to an activating group) is 1. The summed E-state index contributed by atoms with van der Waals surface area (Å²) in [6, 6.07) is 3.27. The van der Waals surface area contributed by atoms with E-state index in [0.29, 0.717) is 19.7 Å². The number of likely N-dealkylation sites (tertiary alicyclic amines) is 1. The van der Waals surface area contributed by atoms with E-state index in [2.05, 4.69) is 4.90 Å². The molecule has 114 valence electrons. The molecule has 0 bridgehead atoms. The second-order valence-electron chi connectivity index (χ2n) is 5.77. The van der Waals surface area contributed by atoms with Crippen molar-refractivity contribution in [1.29, 1.82) is 0 Å². The van der Waals surface area contributed by atoms with Crippen molar-refractivity contribution in [3.63, 3.8) is 0 Å². The van der Waals surface area contributed by atoms with Crippen LogP contribution in [0.2, 0.25) is 0 Å². The number of ether oxygens (including phenoxy) is 1. The van der Waals surface area contributed by atoms with Gasteiger partial charge in [-0.15, -0.1) is 0 Å². The second kappa shape index (κ2) is 5.69. The summed E-state index contributed by atoms with van der Waals surface area (Å²) in [6.07, 6.45) is 0.0317. The highest BCUT2D eigenvalue weighted by Crippen LogP contribution is 2.25. The molecule has 4 nitrogen and oxygen atoms in total. The van der Waals surface area contributed by atoms with Gasteiger partial charge >= 0.3 is 0 Å². The van der Waals surface area contributed by atoms with Gasteiger partial charge in [-0.2, -0.15) is 0 Å². The van der Waals surface area contributed by atoms with E-state index in [-0.39, 0.29) is 23.5 Å². The van der Waals surface area contributed by atoms with E-state index >= 15 is 0 Å². The van der Waals surface area contributed by atoms with Crippen LogP contribution in [-0.4, -0.2) is 61.6 Å². The van der Waals surface area contributed by atoms with Crippen LogP contribution in [-0.2, 0) is 4.74 Å². The number of fused-ring (bicyclic) bond motifs is 1. The number of hydrogen-bond acceptors (Lipinski definition) is 3. The molecule has 2 heterocycles. The van der Waals surface area contributed by atoms with Gasteiger partial charge in [-0.05, 0) is 25.2 Å². The van der Waals surface area contributed by atoms with Gasteiger partial charge in [-0.25, -0.2) is 8.78 Å². The first-order valence-electron chi connectivity index (χ1n) is 7.09. The number of rotatable bonds is 1. The number of carbonyl (C=O) groups excluding carboxylic acids is 1. The fourth-order valence-electron chi connectivity index (χ4n) is 3.03. The molecule has 1 amide bonds. The Morgan fingerprint density at radius 1 is 1.24 bits per heavy atom. The maximum absolute atomic E-state index is 13.3. The zero-order valence-electron chi connectivity index (χ0n) is 11.9.